The number of carbonyl (C=O) groups is 2. The second-order valence-corrected chi connectivity index (χ2v) is 10.5. The van der Waals surface area contributed by atoms with Gasteiger partial charge in [-0.1, -0.05) is 6.07 Å². The highest BCUT2D eigenvalue weighted by molar-refractivity contribution is 7.92. The topological polar surface area (TPSA) is 117 Å². The van der Waals surface area contributed by atoms with E-state index in [9.17, 15) is 18.0 Å². The van der Waals surface area contributed by atoms with Gasteiger partial charge in [-0.05, 0) is 67.7 Å². The summed E-state index contributed by atoms with van der Waals surface area (Å²) in [6, 6.07) is 19.1. The fraction of sp³-hybridized carbons (Fsp3) is 0.259. The molecule has 2 N–H and O–H groups in total. The Hall–Kier alpha value is -4.09. The van der Waals surface area contributed by atoms with E-state index >= 15 is 0 Å². The molecule has 38 heavy (non-hydrogen) atoms. The summed E-state index contributed by atoms with van der Waals surface area (Å²) in [6.45, 7) is 2.81. The van der Waals surface area contributed by atoms with Crippen LogP contribution in [0.25, 0.3) is 0 Å². The molecule has 1 aliphatic heterocycles. The summed E-state index contributed by atoms with van der Waals surface area (Å²) in [5.41, 5.74) is 1.48. The number of benzene rings is 3. The molecule has 1 aliphatic rings. The summed E-state index contributed by atoms with van der Waals surface area (Å²) in [4.78, 5) is 29.0. The molecule has 0 spiro atoms. The Morgan fingerprint density at radius 2 is 1.55 bits per heavy atom. The first kappa shape index (κ1) is 27.0. The van der Waals surface area contributed by atoms with Crippen LogP contribution in [0.15, 0.2) is 77.7 Å². The number of hydrogen-bond acceptors (Lipinski definition) is 7. The summed E-state index contributed by atoms with van der Waals surface area (Å²) in [7, 11) is -0.282. The van der Waals surface area contributed by atoms with Crippen molar-refractivity contribution in [1.29, 1.82) is 0 Å². The van der Waals surface area contributed by atoms with Crippen molar-refractivity contribution in [1.82, 2.24) is 9.80 Å². The van der Waals surface area contributed by atoms with Gasteiger partial charge in [-0.2, -0.15) is 0 Å². The normalized spacial score (nSPS) is 14.0. The number of likely N-dealkylation sites (N-methyl/N-ethyl adjacent to an activating group) is 1. The van der Waals surface area contributed by atoms with Crippen LogP contribution in [0.3, 0.4) is 0 Å². The van der Waals surface area contributed by atoms with Crippen molar-refractivity contribution < 1.29 is 27.5 Å². The molecule has 200 valence electrons. The van der Waals surface area contributed by atoms with Gasteiger partial charge in [-0.15, -0.1) is 0 Å². The highest BCUT2D eigenvalue weighted by Crippen LogP contribution is 2.22. The number of carbonyl (C=O) groups excluding carboxylic acids is 2. The molecule has 3 aromatic rings. The molecule has 0 unspecified atom stereocenters. The maximum absolute atomic E-state index is 12.7. The molecule has 0 aromatic heterocycles. The second kappa shape index (κ2) is 12.0. The first-order chi connectivity index (χ1) is 18.2. The number of methoxy groups -OCH3 is 1. The molecule has 0 aliphatic carbocycles. The molecule has 4 rings (SSSR count). The molecular formula is C27H30N4O6S. The molecule has 0 bridgehead atoms. The smallest absolute Gasteiger partial charge is 0.262 e. The van der Waals surface area contributed by atoms with Crippen LogP contribution >= 0.6 is 0 Å². The Morgan fingerprint density at radius 1 is 0.868 bits per heavy atom. The Balaban J connectivity index is 1.27. The molecule has 0 atom stereocenters. The van der Waals surface area contributed by atoms with Gasteiger partial charge in [-0.25, -0.2) is 8.42 Å². The van der Waals surface area contributed by atoms with Gasteiger partial charge in [-0.3, -0.25) is 14.3 Å². The van der Waals surface area contributed by atoms with Gasteiger partial charge in [0.25, 0.3) is 21.8 Å². The van der Waals surface area contributed by atoms with Crippen LogP contribution in [0.1, 0.15) is 10.4 Å². The van der Waals surface area contributed by atoms with E-state index < -0.39 is 10.0 Å². The van der Waals surface area contributed by atoms with Crippen LogP contribution in [0.4, 0.5) is 11.4 Å². The molecule has 1 saturated heterocycles. The van der Waals surface area contributed by atoms with Gasteiger partial charge in [0, 0.05) is 43.5 Å². The first-order valence-electron chi connectivity index (χ1n) is 12.0. The van der Waals surface area contributed by atoms with E-state index in [1.165, 1.54) is 31.4 Å². The number of anilines is 2. The fourth-order valence-corrected chi connectivity index (χ4v) is 4.90. The van der Waals surface area contributed by atoms with E-state index in [4.69, 9.17) is 9.47 Å². The molecule has 1 heterocycles. The molecule has 0 saturated carbocycles. The molecule has 10 nitrogen and oxygen atoms in total. The van der Waals surface area contributed by atoms with Gasteiger partial charge in [0.2, 0.25) is 0 Å². The zero-order chi connectivity index (χ0) is 27.1. The predicted molar refractivity (Wildman–Crippen MR) is 144 cm³/mol. The number of sulfonamides is 1. The summed E-state index contributed by atoms with van der Waals surface area (Å²) in [5.74, 6) is 0.457. The van der Waals surface area contributed by atoms with E-state index in [1.54, 1.807) is 48.5 Å². The SMILES string of the molecule is COc1cccc(NS(=O)(=O)c2ccc(OCC(=O)Nc3ccc(C(=O)N4CCN(C)CC4)cc3)cc2)c1. The lowest BCUT2D eigenvalue weighted by Gasteiger charge is -2.32. The van der Waals surface area contributed by atoms with Crippen LogP contribution in [0.2, 0.25) is 0 Å². The minimum absolute atomic E-state index is 0.0246. The zero-order valence-electron chi connectivity index (χ0n) is 21.2. The first-order valence-corrected chi connectivity index (χ1v) is 13.5. The van der Waals surface area contributed by atoms with Crippen molar-refractivity contribution in [3.63, 3.8) is 0 Å². The van der Waals surface area contributed by atoms with E-state index in [-0.39, 0.29) is 23.3 Å². The summed E-state index contributed by atoms with van der Waals surface area (Å²) < 4.78 is 38.4. The number of nitrogens with one attached hydrogen (secondary N) is 2. The van der Waals surface area contributed by atoms with Crippen molar-refractivity contribution in [3.8, 4) is 11.5 Å². The van der Waals surface area contributed by atoms with E-state index in [1.807, 2.05) is 11.9 Å². The predicted octanol–water partition coefficient (Wildman–Crippen LogP) is 2.90. The van der Waals surface area contributed by atoms with E-state index in [0.29, 0.717) is 41.5 Å². The van der Waals surface area contributed by atoms with Gasteiger partial charge < -0.3 is 24.6 Å². The molecule has 3 aromatic carbocycles. The van der Waals surface area contributed by atoms with Gasteiger partial charge in [0.05, 0.1) is 17.7 Å². The van der Waals surface area contributed by atoms with Gasteiger partial charge in [0.15, 0.2) is 6.61 Å². The highest BCUT2D eigenvalue weighted by atomic mass is 32.2. The largest absolute Gasteiger partial charge is 0.497 e. The van der Waals surface area contributed by atoms with Crippen LogP contribution in [0.5, 0.6) is 11.5 Å². The standard InChI is InChI=1S/C27H30N4O6S/c1-30-14-16-31(17-15-30)27(33)20-6-8-21(9-7-20)28-26(32)19-37-23-10-12-25(13-11-23)38(34,35)29-22-4-3-5-24(18-22)36-2/h3-13,18,29H,14-17,19H2,1-2H3,(H,28,32). The number of nitrogens with zero attached hydrogens (tertiary/aromatic N) is 2. The Labute approximate surface area is 222 Å². The van der Waals surface area contributed by atoms with E-state index in [0.717, 1.165) is 13.1 Å². The lowest BCUT2D eigenvalue weighted by Crippen LogP contribution is -2.47. The van der Waals surface area contributed by atoms with Crippen LogP contribution in [-0.4, -0.2) is 77.0 Å². The van der Waals surface area contributed by atoms with Crippen molar-refractivity contribution in [3.05, 3.63) is 78.4 Å². The average Bonchev–Trinajstić information content (AvgIpc) is 2.92. The van der Waals surface area contributed by atoms with Crippen molar-refractivity contribution in [2.24, 2.45) is 0 Å². The number of amides is 2. The number of rotatable bonds is 9. The molecule has 1 fully saturated rings. The van der Waals surface area contributed by atoms with E-state index in [2.05, 4.69) is 14.9 Å². The Morgan fingerprint density at radius 3 is 2.21 bits per heavy atom. The highest BCUT2D eigenvalue weighted by Gasteiger charge is 2.20. The lowest BCUT2D eigenvalue weighted by molar-refractivity contribution is -0.118. The fourth-order valence-electron chi connectivity index (χ4n) is 3.85. The van der Waals surface area contributed by atoms with Crippen molar-refractivity contribution >= 4 is 33.2 Å². The number of hydrogen-bond donors (Lipinski definition) is 2. The summed E-state index contributed by atoms with van der Waals surface area (Å²) in [5, 5.41) is 2.72. The molecule has 11 heteroatoms. The van der Waals surface area contributed by atoms with Crippen LogP contribution < -0.4 is 19.5 Å². The molecule has 2 amide bonds. The molecule has 0 radical (unpaired) electrons. The average molecular weight is 539 g/mol. The quantitative estimate of drug-likeness (QED) is 0.430. The minimum atomic E-state index is -3.82. The molecular weight excluding hydrogens is 508 g/mol. The number of ether oxygens (including phenoxy) is 2. The third-order valence-electron chi connectivity index (χ3n) is 6.03. The minimum Gasteiger partial charge on any atom is -0.497 e. The third kappa shape index (κ3) is 7.02. The number of piperazine rings is 1. The summed E-state index contributed by atoms with van der Waals surface area (Å²) in [6.07, 6.45) is 0. The maximum atomic E-state index is 12.7. The van der Waals surface area contributed by atoms with Crippen molar-refractivity contribution in [2.75, 3.05) is 57.0 Å². The Kier molecular flexibility index (Phi) is 8.49. The third-order valence-corrected chi connectivity index (χ3v) is 7.43. The zero-order valence-corrected chi connectivity index (χ0v) is 22.0. The van der Waals surface area contributed by atoms with Crippen LogP contribution in [0, 0.1) is 0 Å². The maximum Gasteiger partial charge on any atom is 0.262 e. The van der Waals surface area contributed by atoms with Crippen LogP contribution in [-0.2, 0) is 14.8 Å². The second-order valence-electron chi connectivity index (χ2n) is 8.82. The van der Waals surface area contributed by atoms with Gasteiger partial charge >= 0.3 is 0 Å². The van der Waals surface area contributed by atoms with Crippen molar-refractivity contribution in [2.45, 2.75) is 4.90 Å². The lowest BCUT2D eigenvalue weighted by atomic mass is 10.1. The monoisotopic (exact) mass is 538 g/mol. The van der Waals surface area contributed by atoms with Gasteiger partial charge in [0.1, 0.15) is 11.5 Å². The Bertz CT molecular complexity index is 1370. The summed E-state index contributed by atoms with van der Waals surface area (Å²) >= 11 is 0.